The number of hydrogen-bond acceptors (Lipinski definition) is 5. The Hall–Kier alpha value is -3.36. The van der Waals surface area contributed by atoms with Crippen LogP contribution in [0.3, 0.4) is 0 Å². The van der Waals surface area contributed by atoms with Gasteiger partial charge < -0.3 is 14.0 Å². The molecule has 0 saturated carbocycles. The van der Waals surface area contributed by atoms with Gasteiger partial charge >= 0.3 is 0 Å². The molecular weight excluding hydrogens is 414 g/mol. The molecule has 1 heterocycles. The molecule has 160 valence electrons. The molecule has 1 atom stereocenters. The number of benzene rings is 3. The quantitative estimate of drug-likeness (QED) is 0.477. The summed E-state index contributed by atoms with van der Waals surface area (Å²) in [6.07, 6.45) is 3.40. The fourth-order valence-corrected chi connectivity index (χ4v) is 4.70. The third-order valence-corrected chi connectivity index (χ3v) is 6.55. The van der Waals surface area contributed by atoms with E-state index in [-0.39, 0.29) is 4.90 Å². The van der Waals surface area contributed by atoms with Crippen molar-refractivity contribution in [2.24, 2.45) is 7.05 Å². The van der Waals surface area contributed by atoms with Gasteiger partial charge in [-0.3, -0.25) is 0 Å². The van der Waals surface area contributed by atoms with E-state index >= 15 is 0 Å². The monoisotopic (exact) mass is 437 g/mol. The van der Waals surface area contributed by atoms with Gasteiger partial charge in [0.25, 0.3) is 0 Å². The standard InChI is InChI=1S/C23H23N3O4S/c1-26-11-10-24-23(26)22(18-12-19(29-2)15-20(13-18)30-3)25-31(27,28)21-9-8-16-6-4-5-7-17(16)14-21/h4-15,22,25H,1-3H3/t22-/m1/s1. The van der Waals surface area contributed by atoms with Gasteiger partial charge in [0, 0.05) is 25.5 Å². The van der Waals surface area contributed by atoms with E-state index in [1.807, 2.05) is 31.3 Å². The lowest BCUT2D eigenvalue weighted by Crippen LogP contribution is -2.31. The Bertz CT molecular complexity index is 1310. The van der Waals surface area contributed by atoms with Crippen LogP contribution < -0.4 is 14.2 Å². The molecular formula is C23H23N3O4S. The average molecular weight is 438 g/mol. The SMILES string of the molecule is COc1cc(OC)cc([C@@H](NS(=O)(=O)c2ccc3ccccc3c2)c2nccn2C)c1. The minimum Gasteiger partial charge on any atom is -0.497 e. The Morgan fingerprint density at radius 2 is 1.61 bits per heavy atom. The van der Waals surface area contributed by atoms with Crippen molar-refractivity contribution in [3.05, 3.63) is 84.4 Å². The fraction of sp³-hybridized carbons (Fsp3) is 0.174. The second-order valence-corrected chi connectivity index (χ2v) is 8.82. The second-order valence-electron chi connectivity index (χ2n) is 7.11. The summed E-state index contributed by atoms with van der Waals surface area (Å²) in [6, 6.07) is 17.2. The highest BCUT2D eigenvalue weighted by atomic mass is 32.2. The van der Waals surface area contributed by atoms with E-state index in [4.69, 9.17) is 9.47 Å². The number of ether oxygens (including phenoxy) is 2. The molecule has 7 nitrogen and oxygen atoms in total. The van der Waals surface area contributed by atoms with Crippen molar-refractivity contribution in [1.82, 2.24) is 14.3 Å². The molecule has 0 saturated heterocycles. The number of sulfonamides is 1. The van der Waals surface area contributed by atoms with E-state index in [0.717, 1.165) is 10.8 Å². The first kappa shape index (κ1) is 20.9. The first-order chi connectivity index (χ1) is 14.9. The zero-order chi connectivity index (χ0) is 22.0. The second kappa shape index (κ2) is 8.41. The lowest BCUT2D eigenvalue weighted by atomic mass is 10.1. The number of aromatic nitrogens is 2. The first-order valence-corrected chi connectivity index (χ1v) is 11.1. The zero-order valence-corrected chi connectivity index (χ0v) is 18.3. The van der Waals surface area contributed by atoms with Crippen LogP contribution in [-0.4, -0.2) is 32.2 Å². The molecule has 0 unspecified atom stereocenters. The van der Waals surface area contributed by atoms with Crippen molar-refractivity contribution >= 4 is 20.8 Å². The van der Waals surface area contributed by atoms with Crippen molar-refractivity contribution in [3.63, 3.8) is 0 Å². The van der Waals surface area contributed by atoms with Gasteiger partial charge in [-0.2, -0.15) is 4.72 Å². The summed E-state index contributed by atoms with van der Waals surface area (Å²) in [4.78, 5) is 4.57. The van der Waals surface area contributed by atoms with Crippen LogP contribution in [0, 0.1) is 0 Å². The van der Waals surface area contributed by atoms with Crippen LogP contribution in [0.4, 0.5) is 0 Å². The van der Waals surface area contributed by atoms with Crippen molar-refractivity contribution in [2.75, 3.05) is 14.2 Å². The lowest BCUT2D eigenvalue weighted by Gasteiger charge is -2.20. The summed E-state index contributed by atoms with van der Waals surface area (Å²) in [5.74, 6) is 1.65. The zero-order valence-electron chi connectivity index (χ0n) is 17.4. The van der Waals surface area contributed by atoms with Gasteiger partial charge in [-0.15, -0.1) is 0 Å². The fourth-order valence-electron chi connectivity index (χ4n) is 3.48. The van der Waals surface area contributed by atoms with Crippen molar-refractivity contribution in [2.45, 2.75) is 10.9 Å². The molecule has 1 aromatic heterocycles. The van der Waals surface area contributed by atoms with Gasteiger partial charge in [0.05, 0.1) is 19.1 Å². The van der Waals surface area contributed by atoms with Crippen molar-refractivity contribution in [3.8, 4) is 11.5 Å². The summed E-state index contributed by atoms with van der Waals surface area (Å²) in [5.41, 5.74) is 0.648. The van der Waals surface area contributed by atoms with Gasteiger partial charge in [-0.1, -0.05) is 30.3 Å². The van der Waals surface area contributed by atoms with Crippen molar-refractivity contribution in [1.29, 1.82) is 0 Å². The van der Waals surface area contributed by atoms with Crippen LogP contribution in [0.2, 0.25) is 0 Å². The van der Waals surface area contributed by atoms with Crippen LogP contribution in [0.15, 0.2) is 78.0 Å². The molecule has 0 amide bonds. The van der Waals surface area contributed by atoms with Crippen LogP contribution in [0.1, 0.15) is 17.4 Å². The molecule has 4 rings (SSSR count). The number of fused-ring (bicyclic) bond motifs is 1. The minimum absolute atomic E-state index is 0.181. The molecule has 8 heteroatoms. The van der Waals surface area contributed by atoms with E-state index in [9.17, 15) is 8.42 Å². The Morgan fingerprint density at radius 3 is 2.23 bits per heavy atom. The third-order valence-electron chi connectivity index (χ3n) is 5.13. The molecule has 3 aromatic carbocycles. The topological polar surface area (TPSA) is 82.4 Å². The highest BCUT2D eigenvalue weighted by Gasteiger charge is 2.27. The molecule has 0 spiro atoms. The number of nitrogens with one attached hydrogen (secondary N) is 1. The summed E-state index contributed by atoms with van der Waals surface area (Å²) < 4.78 is 42.1. The summed E-state index contributed by atoms with van der Waals surface area (Å²) >= 11 is 0. The number of hydrogen-bond donors (Lipinski definition) is 1. The van der Waals surface area contributed by atoms with E-state index in [1.165, 1.54) is 0 Å². The lowest BCUT2D eigenvalue weighted by molar-refractivity contribution is 0.392. The van der Waals surface area contributed by atoms with Crippen LogP contribution >= 0.6 is 0 Å². The molecule has 1 N–H and O–H groups in total. The number of aryl methyl sites for hydroxylation is 1. The normalized spacial score (nSPS) is 12.6. The van der Waals surface area contributed by atoms with Gasteiger partial charge in [0.15, 0.2) is 0 Å². The Balaban J connectivity index is 1.80. The molecule has 0 aliphatic carbocycles. The van der Waals surface area contributed by atoms with Gasteiger partial charge in [-0.05, 0) is 40.6 Å². The number of nitrogens with zero attached hydrogens (tertiary/aromatic N) is 2. The van der Waals surface area contributed by atoms with Gasteiger partial charge in [0.1, 0.15) is 23.4 Å². The Labute approximate surface area is 181 Å². The van der Waals surface area contributed by atoms with Gasteiger partial charge in [0.2, 0.25) is 10.0 Å². The molecule has 0 bridgehead atoms. The van der Waals surface area contributed by atoms with Crippen LogP contribution in [0.25, 0.3) is 10.8 Å². The van der Waals surface area contributed by atoms with E-state index in [1.54, 1.807) is 67.6 Å². The maximum Gasteiger partial charge on any atom is 0.241 e. The highest BCUT2D eigenvalue weighted by Crippen LogP contribution is 2.31. The molecule has 0 aliphatic heterocycles. The number of imidazole rings is 1. The molecule has 0 aliphatic rings. The predicted octanol–water partition coefficient (Wildman–Crippen LogP) is 3.66. The first-order valence-electron chi connectivity index (χ1n) is 9.62. The Kier molecular flexibility index (Phi) is 5.67. The maximum absolute atomic E-state index is 13.4. The van der Waals surface area contributed by atoms with Crippen LogP contribution in [0.5, 0.6) is 11.5 Å². The summed E-state index contributed by atoms with van der Waals surface area (Å²) in [7, 11) is 1.05. The van der Waals surface area contributed by atoms with Crippen molar-refractivity contribution < 1.29 is 17.9 Å². The predicted molar refractivity (Wildman–Crippen MR) is 119 cm³/mol. The third kappa shape index (κ3) is 4.26. The average Bonchev–Trinajstić information content (AvgIpc) is 3.22. The van der Waals surface area contributed by atoms with E-state index in [2.05, 4.69) is 9.71 Å². The smallest absolute Gasteiger partial charge is 0.241 e. The van der Waals surface area contributed by atoms with E-state index in [0.29, 0.717) is 22.9 Å². The highest BCUT2D eigenvalue weighted by molar-refractivity contribution is 7.89. The number of rotatable bonds is 7. The molecule has 0 radical (unpaired) electrons. The number of methoxy groups -OCH3 is 2. The maximum atomic E-state index is 13.4. The summed E-state index contributed by atoms with van der Waals surface area (Å²) in [6.45, 7) is 0. The minimum atomic E-state index is -3.87. The Morgan fingerprint density at radius 1 is 0.935 bits per heavy atom. The largest absolute Gasteiger partial charge is 0.497 e. The van der Waals surface area contributed by atoms with Crippen LogP contribution in [-0.2, 0) is 17.1 Å². The van der Waals surface area contributed by atoms with E-state index < -0.39 is 16.1 Å². The summed E-state index contributed by atoms with van der Waals surface area (Å²) in [5, 5.41) is 1.82. The molecule has 31 heavy (non-hydrogen) atoms. The molecule has 0 fully saturated rings. The van der Waals surface area contributed by atoms with Gasteiger partial charge in [-0.25, -0.2) is 13.4 Å². The molecule has 4 aromatic rings.